The minimum absolute atomic E-state index is 0.0370. The fraction of sp³-hybridized carbons (Fsp3) is 0.375. The standard InChI is InChI=1S/C16H19O5/c1-2-11-12(5-8-20-9-6-17)16(14(19)10-13(11)18)15-4-3-7-21-15/h3,7,10,17-19H,2,5-6,8-9H2,1H3. The molecule has 0 aliphatic rings. The van der Waals surface area contributed by atoms with E-state index < -0.39 is 0 Å². The quantitative estimate of drug-likeness (QED) is 0.682. The smallest absolute Gasteiger partial charge is 0.145 e. The van der Waals surface area contributed by atoms with Gasteiger partial charge in [-0.3, -0.25) is 0 Å². The van der Waals surface area contributed by atoms with Gasteiger partial charge in [0.1, 0.15) is 17.3 Å². The van der Waals surface area contributed by atoms with Gasteiger partial charge in [-0.2, -0.15) is 0 Å². The molecule has 21 heavy (non-hydrogen) atoms. The van der Waals surface area contributed by atoms with Gasteiger partial charge in [0.25, 0.3) is 0 Å². The minimum atomic E-state index is -0.0481. The lowest BCUT2D eigenvalue weighted by atomic mass is 9.93. The molecule has 0 unspecified atom stereocenters. The third-order valence-electron chi connectivity index (χ3n) is 3.29. The zero-order valence-electron chi connectivity index (χ0n) is 11.9. The average molecular weight is 291 g/mol. The molecule has 0 spiro atoms. The molecule has 3 N–H and O–H groups in total. The summed E-state index contributed by atoms with van der Waals surface area (Å²) in [5, 5.41) is 28.9. The summed E-state index contributed by atoms with van der Waals surface area (Å²) in [4.78, 5) is 0. The fourth-order valence-corrected chi connectivity index (χ4v) is 2.39. The first kappa shape index (κ1) is 15.4. The van der Waals surface area contributed by atoms with Gasteiger partial charge in [0.2, 0.25) is 0 Å². The number of aliphatic hydroxyl groups excluding tert-OH is 1. The highest BCUT2D eigenvalue weighted by molar-refractivity contribution is 5.73. The first-order chi connectivity index (χ1) is 10.2. The molecule has 1 heterocycles. The molecule has 0 atom stereocenters. The summed E-state index contributed by atoms with van der Waals surface area (Å²) in [5.41, 5.74) is 2.06. The van der Waals surface area contributed by atoms with Gasteiger partial charge in [-0.15, -0.1) is 0 Å². The van der Waals surface area contributed by atoms with Crippen molar-refractivity contribution < 1.29 is 24.5 Å². The van der Waals surface area contributed by atoms with Crippen molar-refractivity contribution in [2.75, 3.05) is 19.8 Å². The summed E-state index contributed by atoms with van der Waals surface area (Å²) in [6.07, 6.45) is 2.60. The molecule has 5 heteroatoms. The summed E-state index contributed by atoms with van der Waals surface area (Å²) < 4.78 is 10.6. The predicted molar refractivity (Wildman–Crippen MR) is 77.3 cm³/mol. The number of phenols is 2. The minimum Gasteiger partial charge on any atom is -0.508 e. The van der Waals surface area contributed by atoms with Gasteiger partial charge in [0.15, 0.2) is 0 Å². The second kappa shape index (κ2) is 7.15. The molecule has 0 fully saturated rings. The third-order valence-corrected chi connectivity index (χ3v) is 3.29. The van der Waals surface area contributed by atoms with Crippen LogP contribution in [0.25, 0.3) is 11.3 Å². The number of aliphatic hydroxyl groups is 1. The zero-order valence-corrected chi connectivity index (χ0v) is 11.9. The second-order valence-electron chi connectivity index (χ2n) is 4.58. The van der Waals surface area contributed by atoms with E-state index >= 15 is 0 Å². The van der Waals surface area contributed by atoms with Gasteiger partial charge in [0.05, 0.1) is 31.6 Å². The SMILES string of the molecule is CCc1c(O)cc(O)c(-c2[c]cco2)c1CCOCCO. The lowest BCUT2D eigenvalue weighted by Crippen LogP contribution is -2.06. The highest BCUT2D eigenvalue weighted by Gasteiger charge is 2.19. The maximum absolute atomic E-state index is 10.1. The first-order valence-electron chi connectivity index (χ1n) is 6.89. The number of hydrogen-bond donors (Lipinski definition) is 3. The number of ether oxygens (including phenoxy) is 1. The molecule has 1 radical (unpaired) electrons. The summed E-state index contributed by atoms with van der Waals surface area (Å²) in [5.74, 6) is 0.440. The zero-order chi connectivity index (χ0) is 15.2. The van der Waals surface area contributed by atoms with E-state index in [1.54, 1.807) is 6.07 Å². The van der Waals surface area contributed by atoms with Crippen LogP contribution in [0.5, 0.6) is 11.5 Å². The normalized spacial score (nSPS) is 11.0. The molecule has 113 valence electrons. The van der Waals surface area contributed by atoms with Crippen LogP contribution in [-0.4, -0.2) is 35.1 Å². The lowest BCUT2D eigenvalue weighted by Gasteiger charge is -2.16. The predicted octanol–water partition coefficient (Wildman–Crippen LogP) is 2.27. The van der Waals surface area contributed by atoms with Crippen molar-refractivity contribution in [2.24, 2.45) is 0 Å². The molecule has 5 nitrogen and oxygen atoms in total. The van der Waals surface area contributed by atoms with Gasteiger partial charge in [-0.25, -0.2) is 0 Å². The molecule has 2 rings (SSSR count). The van der Waals surface area contributed by atoms with Crippen molar-refractivity contribution in [1.29, 1.82) is 0 Å². The Morgan fingerprint density at radius 1 is 1.19 bits per heavy atom. The molecule has 1 aromatic heterocycles. The van der Waals surface area contributed by atoms with E-state index in [0.717, 1.165) is 11.1 Å². The van der Waals surface area contributed by atoms with Crippen LogP contribution in [0.2, 0.25) is 0 Å². The Morgan fingerprint density at radius 2 is 2.00 bits per heavy atom. The number of benzene rings is 1. The van der Waals surface area contributed by atoms with Crippen molar-refractivity contribution in [1.82, 2.24) is 0 Å². The van der Waals surface area contributed by atoms with Crippen molar-refractivity contribution in [3.8, 4) is 22.8 Å². The summed E-state index contributed by atoms with van der Waals surface area (Å²) in [7, 11) is 0. The van der Waals surface area contributed by atoms with Crippen molar-refractivity contribution in [3.63, 3.8) is 0 Å². The Labute approximate surface area is 123 Å². The van der Waals surface area contributed by atoms with E-state index in [0.29, 0.717) is 30.8 Å². The molecule has 2 aromatic rings. The fourth-order valence-electron chi connectivity index (χ4n) is 2.39. The lowest BCUT2D eigenvalue weighted by molar-refractivity contribution is 0.0943. The Bertz CT molecular complexity index is 575. The van der Waals surface area contributed by atoms with Crippen LogP contribution in [0.1, 0.15) is 18.1 Å². The van der Waals surface area contributed by atoms with Gasteiger partial charge in [-0.1, -0.05) is 6.92 Å². The highest BCUT2D eigenvalue weighted by atomic mass is 16.5. The Hall–Kier alpha value is -1.98. The molecule has 0 saturated heterocycles. The van der Waals surface area contributed by atoms with E-state index in [1.807, 2.05) is 6.92 Å². The van der Waals surface area contributed by atoms with Gasteiger partial charge in [-0.05, 0) is 30.0 Å². The molecule has 0 bridgehead atoms. The Morgan fingerprint density at radius 3 is 2.62 bits per heavy atom. The molecule has 0 aliphatic heterocycles. The van der Waals surface area contributed by atoms with Crippen LogP contribution in [0.15, 0.2) is 22.8 Å². The van der Waals surface area contributed by atoms with E-state index in [9.17, 15) is 10.2 Å². The number of aromatic hydroxyl groups is 2. The van der Waals surface area contributed by atoms with Crippen molar-refractivity contribution in [2.45, 2.75) is 19.8 Å². The van der Waals surface area contributed by atoms with Crippen LogP contribution >= 0.6 is 0 Å². The maximum atomic E-state index is 10.1. The van der Waals surface area contributed by atoms with Crippen LogP contribution in [-0.2, 0) is 17.6 Å². The second-order valence-corrected chi connectivity index (χ2v) is 4.58. The average Bonchev–Trinajstić information content (AvgIpc) is 2.97. The van der Waals surface area contributed by atoms with E-state index in [1.165, 1.54) is 12.3 Å². The Kier molecular flexibility index (Phi) is 5.25. The summed E-state index contributed by atoms with van der Waals surface area (Å²) in [6, 6.07) is 5.86. The number of hydrogen-bond acceptors (Lipinski definition) is 5. The van der Waals surface area contributed by atoms with Crippen LogP contribution in [0.3, 0.4) is 0 Å². The van der Waals surface area contributed by atoms with Crippen LogP contribution < -0.4 is 0 Å². The topological polar surface area (TPSA) is 83.1 Å². The van der Waals surface area contributed by atoms with Crippen LogP contribution in [0.4, 0.5) is 0 Å². The largest absolute Gasteiger partial charge is 0.508 e. The van der Waals surface area contributed by atoms with Crippen molar-refractivity contribution in [3.05, 3.63) is 35.6 Å². The van der Waals surface area contributed by atoms with E-state index in [2.05, 4.69) is 6.07 Å². The van der Waals surface area contributed by atoms with Crippen LogP contribution in [0, 0.1) is 6.07 Å². The maximum Gasteiger partial charge on any atom is 0.145 e. The highest BCUT2D eigenvalue weighted by Crippen LogP contribution is 2.39. The first-order valence-corrected chi connectivity index (χ1v) is 6.89. The van der Waals surface area contributed by atoms with Gasteiger partial charge < -0.3 is 24.5 Å². The number of rotatable bonds is 7. The van der Waals surface area contributed by atoms with Gasteiger partial charge in [0, 0.05) is 12.1 Å². The Balaban J connectivity index is 2.42. The van der Waals surface area contributed by atoms with Gasteiger partial charge >= 0.3 is 0 Å². The van der Waals surface area contributed by atoms with Crippen molar-refractivity contribution >= 4 is 0 Å². The number of furan rings is 1. The monoisotopic (exact) mass is 291 g/mol. The third kappa shape index (κ3) is 3.37. The number of phenolic OH excluding ortho intramolecular Hbond substituents is 2. The molecule has 1 aromatic carbocycles. The molecular formula is C16H19O5. The molecular weight excluding hydrogens is 272 g/mol. The summed E-state index contributed by atoms with van der Waals surface area (Å²) >= 11 is 0. The van der Waals surface area contributed by atoms with E-state index in [-0.39, 0.29) is 24.7 Å². The molecule has 0 saturated carbocycles. The molecule has 0 aliphatic carbocycles. The van der Waals surface area contributed by atoms with E-state index in [4.69, 9.17) is 14.3 Å². The summed E-state index contributed by atoms with van der Waals surface area (Å²) in [6.45, 7) is 2.53. The molecule has 0 amide bonds.